The van der Waals surface area contributed by atoms with Crippen LogP contribution in [0.5, 0.6) is 0 Å². The third-order valence-corrected chi connectivity index (χ3v) is 5.76. The lowest BCUT2D eigenvalue weighted by atomic mass is 9.84. The van der Waals surface area contributed by atoms with Crippen LogP contribution in [0, 0.1) is 5.92 Å². The molecule has 3 atom stereocenters. The van der Waals surface area contributed by atoms with Gasteiger partial charge in [-0.15, -0.1) is 0 Å². The van der Waals surface area contributed by atoms with Crippen molar-refractivity contribution in [2.45, 2.75) is 43.9 Å². The van der Waals surface area contributed by atoms with Gasteiger partial charge in [0.2, 0.25) is 5.91 Å². The zero-order valence-electron chi connectivity index (χ0n) is 14.0. The first-order valence-electron chi connectivity index (χ1n) is 9.10. The highest BCUT2D eigenvalue weighted by Crippen LogP contribution is 2.32. The maximum Gasteiger partial charge on any atom is 0.240 e. The molecule has 4 rings (SSSR count). The second kappa shape index (κ2) is 6.82. The Morgan fingerprint density at radius 1 is 1.33 bits per heavy atom. The Bertz CT molecular complexity index is 602. The van der Waals surface area contributed by atoms with E-state index in [1.807, 2.05) is 24.3 Å². The van der Waals surface area contributed by atoms with Crippen molar-refractivity contribution in [1.82, 2.24) is 10.2 Å². The number of fused-ring (bicyclic) bond motifs is 1. The van der Waals surface area contributed by atoms with Crippen LogP contribution in [-0.2, 0) is 16.0 Å². The van der Waals surface area contributed by atoms with Gasteiger partial charge in [0.25, 0.3) is 0 Å². The van der Waals surface area contributed by atoms with E-state index in [1.54, 1.807) is 0 Å². The van der Waals surface area contributed by atoms with E-state index in [1.165, 1.54) is 19.3 Å². The maximum atomic E-state index is 12.9. The Morgan fingerprint density at radius 3 is 2.96 bits per heavy atom. The number of benzene rings is 1. The van der Waals surface area contributed by atoms with Crippen LogP contribution in [0.3, 0.4) is 0 Å². The maximum absolute atomic E-state index is 12.9. The van der Waals surface area contributed by atoms with Crippen molar-refractivity contribution in [3.05, 3.63) is 35.4 Å². The topological polar surface area (TPSA) is 61.8 Å². The molecule has 1 aliphatic heterocycles. The second-order valence-electron chi connectivity index (χ2n) is 7.34. The number of carbonyl (C=O) groups excluding carboxylic acids is 1. The van der Waals surface area contributed by atoms with Gasteiger partial charge < -0.3 is 15.2 Å². The number of aliphatic hydroxyl groups excluding tert-OH is 1. The molecule has 1 saturated carbocycles. The molecule has 1 aromatic rings. The van der Waals surface area contributed by atoms with Gasteiger partial charge >= 0.3 is 0 Å². The smallest absolute Gasteiger partial charge is 0.240 e. The summed E-state index contributed by atoms with van der Waals surface area (Å²) in [5, 5.41) is 13.4. The number of carbonyl (C=O) groups is 1. The summed E-state index contributed by atoms with van der Waals surface area (Å²) < 4.78 is 5.56. The van der Waals surface area contributed by atoms with E-state index in [0.29, 0.717) is 19.6 Å². The molecule has 1 saturated heterocycles. The Morgan fingerprint density at radius 2 is 2.17 bits per heavy atom. The lowest BCUT2D eigenvalue weighted by Gasteiger charge is -2.39. The number of morpholine rings is 1. The predicted molar refractivity (Wildman–Crippen MR) is 90.6 cm³/mol. The van der Waals surface area contributed by atoms with Crippen molar-refractivity contribution in [3.63, 3.8) is 0 Å². The monoisotopic (exact) mass is 330 g/mol. The minimum atomic E-state index is -0.545. The van der Waals surface area contributed by atoms with Crippen molar-refractivity contribution < 1.29 is 14.6 Å². The minimum absolute atomic E-state index is 0.0187. The van der Waals surface area contributed by atoms with Crippen LogP contribution in [0.25, 0.3) is 0 Å². The minimum Gasteiger partial charge on any atom is -0.390 e. The zero-order chi connectivity index (χ0) is 16.5. The number of rotatable bonds is 4. The molecule has 1 aromatic carbocycles. The highest BCUT2D eigenvalue weighted by Gasteiger charge is 2.37. The van der Waals surface area contributed by atoms with Crippen LogP contribution in [-0.4, -0.2) is 54.4 Å². The molecule has 2 fully saturated rings. The molecular weight excluding hydrogens is 304 g/mol. The predicted octanol–water partition coefficient (Wildman–Crippen LogP) is 1.26. The molecule has 2 N–H and O–H groups in total. The molecule has 2 aliphatic carbocycles. The van der Waals surface area contributed by atoms with Crippen LogP contribution in [0.15, 0.2) is 24.3 Å². The number of nitrogens with zero attached hydrogens (tertiary/aromatic N) is 1. The lowest BCUT2D eigenvalue weighted by molar-refractivity contribution is -0.134. The highest BCUT2D eigenvalue weighted by atomic mass is 16.5. The normalized spacial score (nSPS) is 30.6. The first-order chi connectivity index (χ1) is 11.7. The van der Waals surface area contributed by atoms with Gasteiger partial charge in [0, 0.05) is 19.5 Å². The van der Waals surface area contributed by atoms with E-state index >= 15 is 0 Å². The summed E-state index contributed by atoms with van der Waals surface area (Å²) in [4.78, 5) is 15.1. The van der Waals surface area contributed by atoms with Gasteiger partial charge in [0.1, 0.15) is 6.04 Å². The molecule has 1 amide bonds. The van der Waals surface area contributed by atoms with Gasteiger partial charge in [0.05, 0.1) is 25.4 Å². The van der Waals surface area contributed by atoms with Crippen LogP contribution in [0.4, 0.5) is 0 Å². The fraction of sp³-hybridized carbons (Fsp3) is 0.632. The Labute approximate surface area is 143 Å². The van der Waals surface area contributed by atoms with Gasteiger partial charge in [-0.25, -0.2) is 0 Å². The number of nitrogens with one attached hydrogen (secondary N) is 1. The van der Waals surface area contributed by atoms with Crippen molar-refractivity contribution in [1.29, 1.82) is 0 Å². The third-order valence-electron chi connectivity index (χ3n) is 5.76. The quantitative estimate of drug-likeness (QED) is 0.873. The average molecular weight is 330 g/mol. The highest BCUT2D eigenvalue weighted by molar-refractivity contribution is 5.82. The molecule has 24 heavy (non-hydrogen) atoms. The van der Waals surface area contributed by atoms with Crippen molar-refractivity contribution >= 4 is 5.91 Å². The van der Waals surface area contributed by atoms with Crippen LogP contribution in [0.2, 0.25) is 0 Å². The van der Waals surface area contributed by atoms with Crippen LogP contribution in [0.1, 0.15) is 36.4 Å². The summed E-state index contributed by atoms with van der Waals surface area (Å²) in [7, 11) is 0. The fourth-order valence-corrected chi connectivity index (χ4v) is 4.10. The summed E-state index contributed by atoms with van der Waals surface area (Å²) in [6.07, 6.45) is 3.93. The molecular formula is C19H26N2O3. The lowest BCUT2D eigenvalue weighted by Crippen LogP contribution is -2.56. The first kappa shape index (κ1) is 16.1. The van der Waals surface area contributed by atoms with E-state index in [-0.39, 0.29) is 18.0 Å². The van der Waals surface area contributed by atoms with Crippen molar-refractivity contribution in [2.75, 3.05) is 26.3 Å². The number of ether oxygens (including phenoxy) is 1. The summed E-state index contributed by atoms with van der Waals surface area (Å²) in [6, 6.07) is 7.42. The van der Waals surface area contributed by atoms with E-state index < -0.39 is 6.10 Å². The summed E-state index contributed by atoms with van der Waals surface area (Å²) in [5.41, 5.74) is 2.17. The molecule has 5 nitrogen and oxygen atoms in total. The third kappa shape index (κ3) is 3.08. The van der Waals surface area contributed by atoms with Gasteiger partial charge in [-0.2, -0.15) is 0 Å². The van der Waals surface area contributed by atoms with Gasteiger partial charge in [-0.3, -0.25) is 9.69 Å². The molecule has 130 valence electrons. The number of aliphatic hydroxyl groups is 1. The van der Waals surface area contributed by atoms with Crippen LogP contribution < -0.4 is 5.32 Å². The largest absolute Gasteiger partial charge is 0.390 e. The molecule has 5 heteroatoms. The Kier molecular flexibility index (Phi) is 4.57. The molecule has 0 spiro atoms. The van der Waals surface area contributed by atoms with Crippen LogP contribution >= 0.6 is 0 Å². The van der Waals surface area contributed by atoms with Gasteiger partial charge in [-0.05, 0) is 29.9 Å². The SMILES string of the molecule is O=C(N[C@@H]1c2ccccc2C[C@@H]1O)[C@H]1COCCN1CC1CCC1. The molecule has 0 radical (unpaired) electrons. The molecule has 3 aliphatic rings. The van der Waals surface area contributed by atoms with Crippen molar-refractivity contribution in [2.24, 2.45) is 5.92 Å². The number of hydrogen-bond donors (Lipinski definition) is 2. The van der Waals surface area contributed by atoms with E-state index in [0.717, 1.165) is 30.1 Å². The molecule has 1 heterocycles. The summed E-state index contributed by atoms with van der Waals surface area (Å²) in [5.74, 6) is 0.714. The number of amides is 1. The molecule has 0 aromatic heterocycles. The zero-order valence-corrected chi connectivity index (χ0v) is 14.0. The van der Waals surface area contributed by atoms with Gasteiger partial charge in [-0.1, -0.05) is 30.7 Å². The van der Waals surface area contributed by atoms with E-state index in [2.05, 4.69) is 10.2 Å². The average Bonchev–Trinajstić information content (AvgIpc) is 2.87. The van der Waals surface area contributed by atoms with Gasteiger partial charge in [0.15, 0.2) is 0 Å². The summed E-state index contributed by atoms with van der Waals surface area (Å²) in [6.45, 7) is 2.96. The molecule has 0 bridgehead atoms. The van der Waals surface area contributed by atoms with Crippen molar-refractivity contribution in [3.8, 4) is 0 Å². The number of hydrogen-bond acceptors (Lipinski definition) is 4. The second-order valence-corrected chi connectivity index (χ2v) is 7.34. The Hall–Kier alpha value is -1.43. The van der Waals surface area contributed by atoms with E-state index in [9.17, 15) is 9.90 Å². The molecule has 0 unspecified atom stereocenters. The first-order valence-corrected chi connectivity index (χ1v) is 9.10. The Balaban J connectivity index is 1.44. The summed E-state index contributed by atoms with van der Waals surface area (Å²) >= 11 is 0. The van der Waals surface area contributed by atoms with E-state index in [4.69, 9.17) is 4.74 Å². The standard InChI is InChI=1S/C19H26N2O3/c22-17-10-14-6-1-2-7-15(14)18(17)20-19(23)16-12-24-9-8-21(16)11-13-4-3-5-13/h1-2,6-7,13,16-18,22H,3-5,8-12H2,(H,20,23)/t16-,17+,18-/m1/s1. The fourth-order valence-electron chi connectivity index (χ4n) is 4.10.